The maximum atomic E-state index is 4.63. The summed E-state index contributed by atoms with van der Waals surface area (Å²) in [5.74, 6) is 0. The van der Waals surface area contributed by atoms with E-state index in [-0.39, 0.29) is 0 Å². The molecule has 92 valence electrons. The fraction of sp³-hybridized carbons (Fsp3) is 0.643. The molecule has 1 N–H and O–H groups in total. The van der Waals surface area contributed by atoms with Crippen LogP contribution in [0.25, 0.3) is 0 Å². The van der Waals surface area contributed by atoms with E-state index < -0.39 is 0 Å². The maximum Gasteiger partial charge on any atom is 0.0547 e. The van der Waals surface area contributed by atoms with Gasteiger partial charge < -0.3 is 5.32 Å². The number of rotatable bonds is 2. The molecule has 1 aromatic rings. The summed E-state index contributed by atoms with van der Waals surface area (Å²) in [6.07, 6.45) is 4.00. The standard InChI is InChI=1S/C14H21N3/c1-12-4-2-5-13(16-12)10-17-9-3-6-14(17)7-8-15-11-14/h2,4-5,15H,3,6-11H2,1H3/t14-/m1/s1. The molecule has 2 aliphatic rings. The highest BCUT2D eigenvalue weighted by atomic mass is 15.3. The van der Waals surface area contributed by atoms with E-state index in [1.165, 1.54) is 44.6 Å². The summed E-state index contributed by atoms with van der Waals surface area (Å²) < 4.78 is 0. The normalized spacial score (nSPS) is 29.2. The van der Waals surface area contributed by atoms with Gasteiger partial charge in [0, 0.05) is 24.3 Å². The van der Waals surface area contributed by atoms with E-state index in [0.29, 0.717) is 5.54 Å². The third-order valence-corrected chi connectivity index (χ3v) is 4.26. The zero-order valence-electron chi connectivity index (χ0n) is 10.6. The molecular formula is C14H21N3. The van der Waals surface area contributed by atoms with Gasteiger partial charge in [-0.1, -0.05) is 6.07 Å². The molecule has 17 heavy (non-hydrogen) atoms. The highest BCUT2D eigenvalue weighted by Gasteiger charge is 2.42. The van der Waals surface area contributed by atoms with Crippen LogP contribution in [0, 0.1) is 6.92 Å². The Labute approximate surface area is 103 Å². The first-order valence-electron chi connectivity index (χ1n) is 6.67. The molecule has 0 bridgehead atoms. The van der Waals surface area contributed by atoms with Crippen molar-refractivity contribution in [2.45, 2.75) is 38.3 Å². The lowest BCUT2D eigenvalue weighted by Crippen LogP contribution is -2.45. The molecule has 1 atom stereocenters. The molecule has 0 aliphatic carbocycles. The van der Waals surface area contributed by atoms with Crippen LogP contribution >= 0.6 is 0 Å². The van der Waals surface area contributed by atoms with Crippen LogP contribution in [0.1, 0.15) is 30.7 Å². The summed E-state index contributed by atoms with van der Waals surface area (Å²) in [5.41, 5.74) is 2.78. The molecule has 0 unspecified atom stereocenters. The summed E-state index contributed by atoms with van der Waals surface area (Å²) in [4.78, 5) is 7.28. The van der Waals surface area contributed by atoms with Crippen LogP contribution < -0.4 is 5.32 Å². The SMILES string of the molecule is Cc1cccc(CN2CCC[C@]23CCNC3)n1. The van der Waals surface area contributed by atoms with Crippen LogP contribution in [0.15, 0.2) is 18.2 Å². The lowest BCUT2D eigenvalue weighted by atomic mass is 9.95. The quantitative estimate of drug-likeness (QED) is 0.840. The molecular weight excluding hydrogens is 210 g/mol. The van der Waals surface area contributed by atoms with Gasteiger partial charge in [-0.05, 0) is 51.4 Å². The van der Waals surface area contributed by atoms with E-state index in [2.05, 4.69) is 40.3 Å². The number of nitrogens with zero attached hydrogens (tertiary/aromatic N) is 2. The van der Waals surface area contributed by atoms with E-state index in [1.54, 1.807) is 0 Å². The van der Waals surface area contributed by atoms with Crippen molar-refractivity contribution in [3.05, 3.63) is 29.6 Å². The van der Waals surface area contributed by atoms with Gasteiger partial charge in [-0.15, -0.1) is 0 Å². The van der Waals surface area contributed by atoms with Crippen LogP contribution in [-0.4, -0.2) is 35.1 Å². The Morgan fingerprint density at radius 3 is 3.12 bits per heavy atom. The molecule has 0 aromatic carbocycles. The minimum Gasteiger partial charge on any atom is -0.315 e. The van der Waals surface area contributed by atoms with Crippen molar-refractivity contribution in [3.8, 4) is 0 Å². The molecule has 0 saturated carbocycles. The summed E-state index contributed by atoms with van der Waals surface area (Å²) in [5, 5.41) is 3.52. The van der Waals surface area contributed by atoms with Gasteiger partial charge in [-0.3, -0.25) is 9.88 Å². The van der Waals surface area contributed by atoms with Crippen molar-refractivity contribution < 1.29 is 0 Å². The highest BCUT2D eigenvalue weighted by molar-refractivity contribution is 5.12. The lowest BCUT2D eigenvalue weighted by molar-refractivity contribution is 0.146. The fourth-order valence-corrected chi connectivity index (χ4v) is 3.34. The predicted octanol–water partition coefficient (Wildman–Crippen LogP) is 1.72. The number of hydrogen-bond donors (Lipinski definition) is 1. The van der Waals surface area contributed by atoms with Gasteiger partial charge in [-0.2, -0.15) is 0 Å². The average Bonchev–Trinajstić information content (AvgIpc) is 2.92. The molecule has 1 spiro atoms. The smallest absolute Gasteiger partial charge is 0.0547 e. The molecule has 2 fully saturated rings. The first kappa shape index (κ1) is 11.2. The zero-order valence-corrected chi connectivity index (χ0v) is 10.6. The van der Waals surface area contributed by atoms with E-state index in [4.69, 9.17) is 0 Å². The Bertz CT molecular complexity index is 391. The Morgan fingerprint density at radius 1 is 1.41 bits per heavy atom. The molecule has 3 heterocycles. The van der Waals surface area contributed by atoms with Crippen LogP contribution in [0.3, 0.4) is 0 Å². The second kappa shape index (κ2) is 4.39. The van der Waals surface area contributed by atoms with Gasteiger partial charge in [0.15, 0.2) is 0 Å². The summed E-state index contributed by atoms with van der Waals surface area (Å²) in [6.45, 7) is 6.66. The topological polar surface area (TPSA) is 28.2 Å². The van der Waals surface area contributed by atoms with Crippen LogP contribution in [0.5, 0.6) is 0 Å². The van der Waals surface area contributed by atoms with E-state index in [1.807, 2.05) is 0 Å². The second-order valence-corrected chi connectivity index (χ2v) is 5.45. The van der Waals surface area contributed by atoms with Gasteiger partial charge in [-0.25, -0.2) is 0 Å². The van der Waals surface area contributed by atoms with Crippen molar-refractivity contribution in [2.24, 2.45) is 0 Å². The summed E-state index contributed by atoms with van der Waals surface area (Å²) in [6, 6.07) is 6.34. The average molecular weight is 231 g/mol. The number of pyridine rings is 1. The first-order chi connectivity index (χ1) is 8.28. The van der Waals surface area contributed by atoms with Gasteiger partial charge >= 0.3 is 0 Å². The van der Waals surface area contributed by atoms with Crippen LogP contribution in [0.2, 0.25) is 0 Å². The Hall–Kier alpha value is -0.930. The molecule has 3 rings (SSSR count). The maximum absolute atomic E-state index is 4.63. The molecule has 0 radical (unpaired) electrons. The zero-order chi connectivity index (χ0) is 11.7. The molecule has 2 saturated heterocycles. The third-order valence-electron chi connectivity index (χ3n) is 4.26. The first-order valence-corrected chi connectivity index (χ1v) is 6.67. The largest absolute Gasteiger partial charge is 0.315 e. The van der Waals surface area contributed by atoms with Gasteiger partial charge in [0.05, 0.1) is 5.69 Å². The summed E-state index contributed by atoms with van der Waals surface area (Å²) >= 11 is 0. The van der Waals surface area contributed by atoms with E-state index >= 15 is 0 Å². The number of hydrogen-bond acceptors (Lipinski definition) is 3. The summed E-state index contributed by atoms with van der Waals surface area (Å²) in [7, 11) is 0. The molecule has 0 amide bonds. The van der Waals surface area contributed by atoms with Crippen molar-refractivity contribution >= 4 is 0 Å². The Morgan fingerprint density at radius 2 is 2.35 bits per heavy atom. The fourth-order valence-electron chi connectivity index (χ4n) is 3.34. The molecule has 3 nitrogen and oxygen atoms in total. The molecule has 1 aromatic heterocycles. The Balaban J connectivity index is 1.76. The minimum atomic E-state index is 0.436. The lowest BCUT2D eigenvalue weighted by Gasteiger charge is -2.34. The molecule has 2 aliphatic heterocycles. The second-order valence-electron chi connectivity index (χ2n) is 5.45. The van der Waals surface area contributed by atoms with E-state index in [0.717, 1.165) is 12.2 Å². The molecule has 3 heteroatoms. The van der Waals surface area contributed by atoms with Crippen molar-refractivity contribution in [2.75, 3.05) is 19.6 Å². The third kappa shape index (κ3) is 2.09. The number of aromatic nitrogens is 1. The number of likely N-dealkylation sites (tertiary alicyclic amines) is 1. The highest BCUT2D eigenvalue weighted by Crippen LogP contribution is 2.35. The monoisotopic (exact) mass is 231 g/mol. The van der Waals surface area contributed by atoms with Crippen molar-refractivity contribution in [1.29, 1.82) is 0 Å². The number of nitrogens with one attached hydrogen (secondary N) is 1. The van der Waals surface area contributed by atoms with Crippen LogP contribution in [0.4, 0.5) is 0 Å². The minimum absolute atomic E-state index is 0.436. The number of aryl methyl sites for hydroxylation is 1. The van der Waals surface area contributed by atoms with Gasteiger partial charge in [0.25, 0.3) is 0 Å². The van der Waals surface area contributed by atoms with Gasteiger partial charge in [0.2, 0.25) is 0 Å². The van der Waals surface area contributed by atoms with Crippen molar-refractivity contribution in [1.82, 2.24) is 15.2 Å². The Kier molecular flexibility index (Phi) is 2.89. The van der Waals surface area contributed by atoms with Crippen molar-refractivity contribution in [3.63, 3.8) is 0 Å². The predicted molar refractivity (Wildman–Crippen MR) is 68.8 cm³/mol. The van der Waals surface area contributed by atoms with E-state index in [9.17, 15) is 0 Å². The van der Waals surface area contributed by atoms with Gasteiger partial charge in [0.1, 0.15) is 0 Å². The van der Waals surface area contributed by atoms with Crippen LogP contribution in [-0.2, 0) is 6.54 Å².